The first-order valence-electron chi connectivity index (χ1n) is 12.4. The van der Waals surface area contributed by atoms with Crippen LogP contribution < -0.4 is 15.1 Å². The van der Waals surface area contributed by atoms with Gasteiger partial charge >= 0.3 is 12.1 Å². The lowest BCUT2D eigenvalue weighted by Gasteiger charge is -2.36. The highest BCUT2D eigenvalue weighted by atomic mass is 35.5. The Hall–Kier alpha value is -3.85. The maximum Gasteiger partial charge on any atom is 0.407 e. The zero-order chi connectivity index (χ0) is 27.3. The van der Waals surface area contributed by atoms with E-state index in [1.165, 1.54) is 7.11 Å². The van der Waals surface area contributed by atoms with E-state index in [2.05, 4.69) is 25.1 Å². The minimum atomic E-state index is -0.540. The van der Waals surface area contributed by atoms with Gasteiger partial charge in [0.1, 0.15) is 5.60 Å². The fraction of sp³-hybridized carbons (Fsp3) is 0.357. The Morgan fingerprint density at radius 1 is 0.974 bits per heavy atom. The highest BCUT2D eigenvalue weighted by molar-refractivity contribution is 6.33. The second-order valence-corrected chi connectivity index (χ2v) is 10.4. The van der Waals surface area contributed by atoms with E-state index in [1.54, 1.807) is 12.1 Å². The quantitative estimate of drug-likeness (QED) is 0.442. The molecule has 4 rings (SSSR count). The van der Waals surface area contributed by atoms with Crippen molar-refractivity contribution in [3.8, 4) is 11.1 Å². The van der Waals surface area contributed by atoms with Gasteiger partial charge in [0.05, 0.1) is 23.4 Å². The lowest BCUT2D eigenvalue weighted by Crippen LogP contribution is -2.47. The second kappa shape index (κ2) is 11.7. The van der Waals surface area contributed by atoms with E-state index in [0.29, 0.717) is 23.1 Å². The number of nitrogens with one attached hydrogen (secondary N) is 1. The summed E-state index contributed by atoms with van der Waals surface area (Å²) in [5, 5.41) is 3.30. The number of alkyl carbamates (subject to hydrolysis) is 1. The average molecular weight is 538 g/mol. The van der Waals surface area contributed by atoms with E-state index in [1.807, 2.05) is 63.5 Å². The Morgan fingerprint density at radius 2 is 1.66 bits per heavy atom. The van der Waals surface area contributed by atoms with Crippen LogP contribution in [-0.4, -0.2) is 60.9 Å². The SMILES string of the molecule is COC(=O)c1ccc(N2CCN(c3ncc(-c4cccc(CNC(=O)OC(C)(C)C)c4)cn3)CC2)c(Cl)c1. The molecule has 1 aliphatic heterocycles. The summed E-state index contributed by atoms with van der Waals surface area (Å²) in [4.78, 5) is 37.2. The molecule has 38 heavy (non-hydrogen) atoms. The van der Waals surface area contributed by atoms with Crippen LogP contribution >= 0.6 is 11.6 Å². The summed E-state index contributed by atoms with van der Waals surface area (Å²) in [5.74, 6) is 0.261. The predicted octanol–water partition coefficient (Wildman–Crippen LogP) is 4.93. The molecular weight excluding hydrogens is 506 g/mol. The number of amides is 1. The number of hydrogen-bond donors (Lipinski definition) is 1. The molecule has 1 fully saturated rings. The van der Waals surface area contributed by atoms with Crippen molar-refractivity contribution in [2.24, 2.45) is 0 Å². The zero-order valence-corrected chi connectivity index (χ0v) is 22.8. The van der Waals surface area contributed by atoms with E-state index < -0.39 is 17.7 Å². The highest BCUT2D eigenvalue weighted by Gasteiger charge is 2.22. The van der Waals surface area contributed by atoms with Crippen molar-refractivity contribution in [1.29, 1.82) is 0 Å². The van der Waals surface area contributed by atoms with Gasteiger partial charge < -0.3 is 24.6 Å². The normalized spacial score (nSPS) is 13.7. The zero-order valence-electron chi connectivity index (χ0n) is 22.0. The summed E-state index contributed by atoms with van der Waals surface area (Å²) < 4.78 is 10.1. The molecule has 3 aromatic rings. The fourth-order valence-electron chi connectivity index (χ4n) is 4.14. The number of anilines is 2. The summed E-state index contributed by atoms with van der Waals surface area (Å²) in [5.41, 5.74) is 3.59. The maximum absolute atomic E-state index is 12.0. The predicted molar refractivity (Wildman–Crippen MR) is 148 cm³/mol. The van der Waals surface area contributed by atoms with Gasteiger partial charge in [0.25, 0.3) is 0 Å². The van der Waals surface area contributed by atoms with E-state index in [0.717, 1.165) is 48.6 Å². The van der Waals surface area contributed by atoms with Crippen molar-refractivity contribution in [2.45, 2.75) is 32.9 Å². The molecule has 1 aromatic heterocycles. The molecule has 1 saturated heterocycles. The van der Waals surface area contributed by atoms with E-state index >= 15 is 0 Å². The van der Waals surface area contributed by atoms with Gasteiger partial charge in [-0.1, -0.05) is 29.8 Å². The smallest absolute Gasteiger partial charge is 0.407 e. The van der Waals surface area contributed by atoms with Crippen molar-refractivity contribution in [3.63, 3.8) is 0 Å². The van der Waals surface area contributed by atoms with Gasteiger partial charge in [-0.25, -0.2) is 19.6 Å². The van der Waals surface area contributed by atoms with Crippen LogP contribution in [0.2, 0.25) is 5.02 Å². The van der Waals surface area contributed by atoms with Crippen molar-refractivity contribution in [1.82, 2.24) is 15.3 Å². The fourth-order valence-corrected chi connectivity index (χ4v) is 4.44. The Morgan fingerprint density at radius 3 is 2.29 bits per heavy atom. The number of aromatic nitrogens is 2. The largest absolute Gasteiger partial charge is 0.465 e. The number of piperazine rings is 1. The van der Waals surface area contributed by atoms with E-state index in [9.17, 15) is 9.59 Å². The highest BCUT2D eigenvalue weighted by Crippen LogP contribution is 2.29. The molecule has 0 spiro atoms. The second-order valence-electron chi connectivity index (χ2n) is 9.96. The maximum atomic E-state index is 12.0. The topological polar surface area (TPSA) is 96.9 Å². The summed E-state index contributed by atoms with van der Waals surface area (Å²) >= 11 is 6.45. The summed E-state index contributed by atoms with van der Waals surface area (Å²) in [7, 11) is 1.35. The van der Waals surface area contributed by atoms with E-state index in [4.69, 9.17) is 21.1 Å². The van der Waals surface area contributed by atoms with Crippen molar-refractivity contribution in [2.75, 3.05) is 43.1 Å². The molecule has 0 bridgehead atoms. The molecule has 2 aromatic carbocycles. The Bertz CT molecular complexity index is 1290. The molecule has 10 heteroatoms. The molecule has 0 unspecified atom stereocenters. The minimum absolute atomic E-state index is 0.363. The third kappa shape index (κ3) is 6.92. The number of benzene rings is 2. The molecule has 200 valence electrons. The number of carbonyl (C=O) groups excluding carboxylic acids is 2. The van der Waals surface area contributed by atoms with Crippen LogP contribution in [0.1, 0.15) is 36.7 Å². The molecule has 0 saturated carbocycles. The van der Waals surface area contributed by atoms with Crippen molar-refractivity contribution >= 4 is 35.3 Å². The molecule has 1 aliphatic rings. The van der Waals surface area contributed by atoms with Crippen molar-refractivity contribution < 1.29 is 19.1 Å². The number of ether oxygens (including phenoxy) is 2. The van der Waals surface area contributed by atoms with Gasteiger partial charge in [0, 0.05) is 50.7 Å². The third-order valence-electron chi connectivity index (χ3n) is 6.01. The third-order valence-corrected chi connectivity index (χ3v) is 6.31. The molecule has 1 N–H and O–H groups in total. The molecule has 0 radical (unpaired) electrons. The number of hydrogen-bond acceptors (Lipinski definition) is 8. The summed E-state index contributed by atoms with van der Waals surface area (Å²) in [6, 6.07) is 13.1. The van der Waals surface area contributed by atoms with Gasteiger partial charge in [-0.05, 0) is 56.2 Å². The number of nitrogens with zero attached hydrogens (tertiary/aromatic N) is 4. The Balaban J connectivity index is 1.35. The van der Waals surface area contributed by atoms with Crippen LogP contribution in [-0.2, 0) is 16.0 Å². The Kier molecular flexibility index (Phi) is 8.36. The van der Waals surface area contributed by atoms with E-state index in [-0.39, 0.29) is 0 Å². The molecule has 0 aliphatic carbocycles. The molecule has 2 heterocycles. The number of carbonyl (C=O) groups is 2. The van der Waals surface area contributed by atoms with Gasteiger partial charge in [-0.2, -0.15) is 0 Å². The number of methoxy groups -OCH3 is 1. The molecule has 9 nitrogen and oxygen atoms in total. The van der Waals surface area contributed by atoms with Crippen LogP contribution in [0.5, 0.6) is 0 Å². The van der Waals surface area contributed by atoms with Crippen LogP contribution in [0.4, 0.5) is 16.4 Å². The Labute approximate surface area is 227 Å². The molecule has 0 atom stereocenters. The van der Waals surface area contributed by atoms with Crippen LogP contribution in [0, 0.1) is 0 Å². The average Bonchev–Trinajstić information content (AvgIpc) is 2.91. The van der Waals surface area contributed by atoms with Crippen LogP contribution in [0.25, 0.3) is 11.1 Å². The van der Waals surface area contributed by atoms with Gasteiger partial charge in [0.15, 0.2) is 0 Å². The first-order valence-corrected chi connectivity index (χ1v) is 12.8. The first kappa shape index (κ1) is 27.2. The monoisotopic (exact) mass is 537 g/mol. The summed E-state index contributed by atoms with van der Waals surface area (Å²) in [6.45, 7) is 8.82. The summed E-state index contributed by atoms with van der Waals surface area (Å²) in [6.07, 6.45) is 3.19. The van der Waals surface area contributed by atoms with Gasteiger partial charge in [-0.15, -0.1) is 0 Å². The standard InChI is InChI=1S/C28H32ClN5O4/c1-28(2,3)38-27(36)32-16-19-6-5-7-20(14-19)22-17-30-26(31-18-22)34-12-10-33(11-13-34)24-9-8-21(15-23(24)29)25(35)37-4/h5-9,14-15,17-18H,10-13,16H2,1-4H3,(H,32,36). The molecular formula is C28H32ClN5O4. The lowest BCUT2D eigenvalue weighted by molar-refractivity contribution is 0.0522. The first-order chi connectivity index (χ1) is 18.1. The van der Waals surface area contributed by atoms with Crippen molar-refractivity contribution in [3.05, 3.63) is 71.0 Å². The number of rotatable bonds is 6. The van der Waals surface area contributed by atoms with Gasteiger partial charge in [0.2, 0.25) is 5.95 Å². The lowest BCUT2D eigenvalue weighted by atomic mass is 10.1. The number of halogens is 1. The number of esters is 1. The minimum Gasteiger partial charge on any atom is -0.465 e. The van der Waals surface area contributed by atoms with Crippen LogP contribution in [0.3, 0.4) is 0 Å². The molecule has 1 amide bonds. The van der Waals surface area contributed by atoms with Gasteiger partial charge in [-0.3, -0.25) is 0 Å². The van der Waals surface area contributed by atoms with Crippen LogP contribution in [0.15, 0.2) is 54.9 Å².